The maximum atomic E-state index is 5.51. The first-order valence-electron chi connectivity index (χ1n) is 7.48. The van der Waals surface area contributed by atoms with Gasteiger partial charge in [-0.25, -0.2) is 0 Å². The van der Waals surface area contributed by atoms with Gasteiger partial charge in [-0.3, -0.25) is 4.90 Å². The van der Waals surface area contributed by atoms with Crippen LogP contribution in [-0.4, -0.2) is 63.5 Å². The second-order valence-electron chi connectivity index (χ2n) is 4.83. The molecular weight excluding hydrogens is 228 g/mol. The van der Waals surface area contributed by atoms with Crippen LogP contribution in [0.2, 0.25) is 0 Å². The fourth-order valence-corrected chi connectivity index (χ4v) is 2.31. The van der Waals surface area contributed by atoms with E-state index in [0.717, 1.165) is 59.0 Å². The summed E-state index contributed by atoms with van der Waals surface area (Å²) in [5.41, 5.74) is 0. The molecule has 1 rings (SSSR count). The maximum Gasteiger partial charge on any atom is 0.0622 e. The largest absolute Gasteiger partial charge is 0.382 e. The highest BCUT2D eigenvalue weighted by Crippen LogP contribution is 2.08. The fraction of sp³-hybridized carbons (Fsp3) is 1.00. The Morgan fingerprint density at radius 1 is 1.28 bits per heavy atom. The molecule has 0 spiro atoms. The molecule has 0 amide bonds. The Bertz CT molecular complexity index is 191. The number of morpholine rings is 1. The molecule has 0 aromatic rings. The molecule has 4 nitrogen and oxygen atoms in total. The molecule has 0 saturated carbocycles. The van der Waals surface area contributed by atoms with Gasteiger partial charge in [-0.15, -0.1) is 0 Å². The van der Waals surface area contributed by atoms with Crippen LogP contribution >= 0.6 is 0 Å². The van der Waals surface area contributed by atoms with Crippen molar-refractivity contribution in [2.75, 3.05) is 52.6 Å². The number of nitrogens with one attached hydrogen (secondary N) is 1. The van der Waals surface area contributed by atoms with Gasteiger partial charge in [0.15, 0.2) is 0 Å². The van der Waals surface area contributed by atoms with Crippen molar-refractivity contribution in [3.05, 3.63) is 0 Å². The standard InChI is InChI=1S/C14H30N2O2/c1-3-14-13-18-12-10-16(14)9-8-15-7-5-6-11-17-4-2/h14-15H,3-13H2,1-2H3. The summed E-state index contributed by atoms with van der Waals surface area (Å²) in [5.74, 6) is 0. The minimum Gasteiger partial charge on any atom is -0.382 e. The SMILES string of the molecule is CCOCCCCNCCN1CCOCC1CC. The molecule has 4 heteroatoms. The summed E-state index contributed by atoms with van der Waals surface area (Å²) in [6, 6.07) is 0.624. The van der Waals surface area contributed by atoms with Crippen molar-refractivity contribution in [2.45, 2.75) is 39.2 Å². The molecule has 1 aliphatic rings. The van der Waals surface area contributed by atoms with Gasteiger partial charge in [0.25, 0.3) is 0 Å². The molecule has 0 aromatic carbocycles. The average molecular weight is 258 g/mol. The molecule has 18 heavy (non-hydrogen) atoms. The monoisotopic (exact) mass is 258 g/mol. The Morgan fingerprint density at radius 2 is 2.17 bits per heavy atom. The van der Waals surface area contributed by atoms with E-state index >= 15 is 0 Å². The van der Waals surface area contributed by atoms with Gasteiger partial charge in [0.05, 0.1) is 13.2 Å². The van der Waals surface area contributed by atoms with E-state index < -0.39 is 0 Å². The average Bonchev–Trinajstić information content (AvgIpc) is 2.42. The van der Waals surface area contributed by atoms with Crippen LogP contribution in [0.25, 0.3) is 0 Å². The zero-order valence-electron chi connectivity index (χ0n) is 12.1. The van der Waals surface area contributed by atoms with Crippen LogP contribution in [-0.2, 0) is 9.47 Å². The molecule has 0 radical (unpaired) electrons. The lowest BCUT2D eigenvalue weighted by Crippen LogP contribution is -2.47. The third kappa shape index (κ3) is 6.69. The lowest BCUT2D eigenvalue weighted by molar-refractivity contribution is -0.00783. The van der Waals surface area contributed by atoms with Crippen molar-refractivity contribution in [1.29, 1.82) is 0 Å². The molecule has 1 saturated heterocycles. The molecular formula is C14H30N2O2. The number of hydrogen-bond acceptors (Lipinski definition) is 4. The van der Waals surface area contributed by atoms with Crippen LogP contribution in [0.3, 0.4) is 0 Å². The second kappa shape index (κ2) is 10.7. The lowest BCUT2D eigenvalue weighted by atomic mass is 10.2. The van der Waals surface area contributed by atoms with Crippen LogP contribution in [0.4, 0.5) is 0 Å². The molecule has 0 bridgehead atoms. The highest BCUT2D eigenvalue weighted by molar-refractivity contribution is 4.74. The van der Waals surface area contributed by atoms with Crippen molar-refractivity contribution in [2.24, 2.45) is 0 Å². The minimum absolute atomic E-state index is 0.624. The van der Waals surface area contributed by atoms with Crippen LogP contribution in [0.15, 0.2) is 0 Å². The van der Waals surface area contributed by atoms with E-state index in [2.05, 4.69) is 17.1 Å². The lowest BCUT2D eigenvalue weighted by Gasteiger charge is -2.35. The molecule has 108 valence electrons. The van der Waals surface area contributed by atoms with E-state index in [1.165, 1.54) is 12.8 Å². The first kappa shape index (κ1) is 15.9. The molecule has 1 unspecified atom stereocenters. The van der Waals surface area contributed by atoms with Gasteiger partial charge >= 0.3 is 0 Å². The van der Waals surface area contributed by atoms with Crippen molar-refractivity contribution in [3.8, 4) is 0 Å². The Hall–Kier alpha value is -0.160. The first-order valence-corrected chi connectivity index (χ1v) is 7.48. The Morgan fingerprint density at radius 3 is 2.94 bits per heavy atom. The van der Waals surface area contributed by atoms with E-state index in [9.17, 15) is 0 Å². The molecule has 1 atom stereocenters. The third-order valence-corrected chi connectivity index (χ3v) is 3.49. The summed E-state index contributed by atoms with van der Waals surface area (Å²) in [6.45, 7) is 12.3. The van der Waals surface area contributed by atoms with Gasteiger partial charge in [0, 0.05) is 38.9 Å². The minimum atomic E-state index is 0.624. The zero-order valence-corrected chi connectivity index (χ0v) is 12.1. The van der Waals surface area contributed by atoms with Crippen LogP contribution in [0.1, 0.15) is 33.1 Å². The third-order valence-electron chi connectivity index (χ3n) is 3.49. The molecule has 1 heterocycles. The number of rotatable bonds is 10. The summed E-state index contributed by atoms with van der Waals surface area (Å²) < 4.78 is 10.8. The summed E-state index contributed by atoms with van der Waals surface area (Å²) in [6.07, 6.45) is 3.56. The Balaban J connectivity index is 1.93. The van der Waals surface area contributed by atoms with Gasteiger partial charge in [-0.1, -0.05) is 6.92 Å². The van der Waals surface area contributed by atoms with E-state index in [1.807, 2.05) is 6.92 Å². The topological polar surface area (TPSA) is 33.7 Å². The Labute approximate surface area is 112 Å². The van der Waals surface area contributed by atoms with Crippen molar-refractivity contribution < 1.29 is 9.47 Å². The van der Waals surface area contributed by atoms with Gasteiger partial charge in [0.1, 0.15) is 0 Å². The van der Waals surface area contributed by atoms with Crippen LogP contribution in [0.5, 0.6) is 0 Å². The molecule has 0 aliphatic carbocycles. The molecule has 1 fully saturated rings. The zero-order chi connectivity index (χ0) is 13.1. The number of ether oxygens (including phenoxy) is 2. The molecule has 1 aliphatic heterocycles. The summed E-state index contributed by atoms with van der Waals surface area (Å²) >= 11 is 0. The second-order valence-corrected chi connectivity index (χ2v) is 4.83. The summed E-state index contributed by atoms with van der Waals surface area (Å²) in [7, 11) is 0. The van der Waals surface area contributed by atoms with Crippen molar-refractivity contribution in [1.82, 2.24) is 10.2 Å². The maximum absolute atomic E-state index is 5.51. The number of hydrogen-bond donors (Lipinski definition) is 1. The van der Waals surface area contributed by atoms with E-state index in [4.69, 9.17) is 9.47 Å². The number of unbranched alkanes of at least 4 members (excludes halogenated alkanes) is 1. The van der Waals surface area contributed by atoms with Gasteiger partial charge in [0.2, 0.25) is 0 Å². The van der Waals surface area contributed by atoms with Gasteiger partial charge in [-0.2, -0.15) is 0 Å². The predicted molar refractivity (Wildman–Crippen MR) is 75.1 cm³/mol. The molecule has 1 N–H and O–H groups in total. The van der Waals surface area contributed by atoms with Gasteiger partial charge in [-0.05, 0) is 32.7 Å². The van der Waals surface area contributed by atoms with E-state index in [1.54, 1.807) is 0 Å². The van der Waals surface area contributed by atoms with Crippen molar-refractivity contribution >= 4 is 0 Å². The summed E-state index contributed by atoms with van der Waals surface area (Å²) in [4.78, 5) is 2.55. The van der Waals surface area contributed by atoms with Crippen molar-refractivity contribution in [3.63, 3.8) is 0 Å². The van der Waals surface area contributed by atoms with E-state index in [0.29, 0.717) is 6.04 Å². The quantitative estimate of drug-likeness (QED) is 0.602. The van der Waals surface area contributed by atoms with E-state index in [-0.39, 0.29) is 0 Å². The van der Waals surface area contributed by atoms with Gasteiger partial charge < -0.3 is 14.8 Å². The van der Waals surface area contributed by atoms with Crippen LogP contribution in [0, 0.1) is 0 Å². The smallest absolute Gasteiger partial charge is 0.0622 e. The normalized spacial score (nSPS) is 21.3. The molecule has 0 aromatic heterocycles. The van der Waals surface area contributed by atoms with Crippen LogP contribution < -0.4 is 5.32 Å². The predicted octanol–water partition coefficient (Wildman–Crippen LogP) is 1.50. The first-order chi connectivity index (χ1) is 8.88. The Kier molecular flexibility index (Phi) is 9.48. The highest BCUT2D eigenvalue weighted by Gasteiger charge is 2.20. The number of nitrogens with zero attached hydrogens (tertiary/aromatic N) is 1. The fourth-order valence-electron chi connectivity index (χ4n) is 2.31. The highest BCUT2D eigenvalue weighted by atomic mass is 16.5. The summed E-state index contributed by atoms with van der Waals surface area (Å²) in [5, 5.41) is 3.52.